The zero-order valence-electron chi connectivity index (χ0n) is 10.4. The van der Waals surface area contributed by atoms with Gasteiger partial charge < -0.3 is 0 Å². The number of hydrogen-bond acceptors (Lipinski definition) is 1. The molecule has 18 heavy (non-hydrogen) atoms. The Hall–Kier alpha value is -0.840. The van der Waals surface area contributed by atoms with Crippen molar-refractivity contribution in [3.63, 3.8) is 0 Å². The largest absolute Gasteiger partial charge is 0.417 e. The van der Waals surface area contributed by atoms with Crippen LogP contribution in [0.3, 0.4) is 0 Å². The predicted octanol–water partition coefficient (Wildman–Crippen LogP) is 5.09. The smallest absolute Gasteiger partial charge is 0.294 e. The molecule has 1 rings (SSSR count). The standard InChI is InChI=1S/C13H14BrF3O/c1-4-12(2,3)11(18)8-5-6-10(14)9(7-8)13(15,16)17/h5-7H,4H2,1-3H3. The van der Waals surface area contributed by atoms with Crippen LogP contribution in [0.4, 0.5) is 13.2 Å². The van der Waals surface area contributed by atoms with Gasteiger partial charge in [-0.15, -0.1) is 0 Å². The van der Waals surface area contributed by atoms with E-state index >= 15 is 0 Å². The van der Waals surface area contributed by atoms with Crippen molar-refractivity contribution in [1.82, 2.24) is 0 Å². The highest BCUT2D eigenvalue weighted by molar-refractivity contribution is 9.10. The molecule has 0 spiro atoms. The van der Waals surface area contributed by atoms with Gasteiger partial charge in [-0.2, -0.15) is 13.2 Å². The van der Waals surface area contributed by atoms with Crippen molar-refractivity contribution in [2.24, 2.45) is 5.41 Å². The van der Waals surface area contributed by atoms with E-state index in [0.29, 0.717) is 6.42 Å². The van der Waals surface area contributed by atoms with Crippen LogP contribution in [-0.4, -0.2) is 5.78 Å². The molecular weight excluding hydrogens is 309 g/mol. The molecule has 0 atom stereocenters. The van der Waals surface area contributed by atoms with Gasteiger partial charge in [-0.25, -0.2) is 0 Å². The van der Waals surface area contributed by atoms with E-state index in [1.165, 1.54) is 12.1 Å². The van der Waals surface area contributed by atoms with Crippen molar-refractivity contribution < 1.29 is 18.0 Å². The Morgan fingerprint density at radius 2 is 1.83 bits per heavy atom. The van der Waals surface area contributed by atoms with Crippen molar-refractivity contribution in [1.29, 1.82) is 0 Å². The van der Waals surface area contributed by atoms with Gasteiger partial charge in [0.1, 0.15) is 0 Å². The van der Waals surface area contributed by atoms with Crippen LogP contribution in [-0.2, 0) is 6.18 Å². The summed E-state index contributed by atoms with van der Waals surface area (Å²) in [4.78, 5) is 12.1. The van der Waals surface area contributed by atoms with E-state index in [0.717, 1.165) is 6.07 Å². The Morgan fingerprint density at radius 1 is 1.28 bits per heavy atom. The lowest BCUT2D eigenvalue weighted by molar-refractivity contribution is -0.138. The number of benzene rings is 1. The molecule has 0 radical (unpaired) electrons. The highest BCUT2D eigenvalue weighted by Gasteiger charge is 2.35. The fourth-order valence-electron chi connectivity index (χ4n) is 1.44. The molecular formula is C13H14BrF3O. The second-order valence-corrected chi connectivity index (χ2v) is 5.61. The number of rotatable bonds is 3. The Kier molecular flexibility index (Phi) is 4.26. The normalized spacial score (nSPS) is 12.6. The molecule has 0 fully saturated rings. The number of Topliss-reactive ketones (excluding diaryl/α,β-unsaturated/α-hetero) is 1. The third-order valence-corrected chi connectivity index (χ3v) is 3.72. The maximum Gasteiger partial charge on any atom is 0.417 e. The van der Waals surface area contributed by atoms with Gasteiger partial charge >= 0.3 is 6.18 Å². The number of carbonyl (C=O) groups excluding carboxylic acids is 1. The van der Waals surface area contributed by atoms with Crippen molar-refractivity contribution in [3.8, 4) is 0 Å². The van der Waals surface area contributed by atoms with E-state index in [1.54, 1.807) is 13.8 Å². The first kappa shape index (κ1) is 15.2. The zero-order chi connectivity index (χ0) is 14.1. The number of hydrogen-bond donors (Lipinski definition) is 0. The van der Waals surface area contributed by atoms with E-state index in [9.17, 15) is 18.0 Å². The van der Waals surface area contributed by atoms with E-state index in [4.69, 9.17) is 0 Å². The first-order valence-corrected chi connectivity index (χ1v) is 6.30. The minimum Gasteiger partial charge on any atom is -0.294 e. The van der Waals surface area contributed by atoms with Crippen LogP contribution < -0.4 is 0 Å². The van der Waals surface area contributed by atoms with E-state index in [2.05, 4.69) is 15.9 Å². The topological polar surface area (TPSA) is 17.1 Å². The van der Waals surface area contributed by atoms with Gasteiger partial charge in [0.2, 0.25) is 0 Å². The van der Waals surface area contributed by atoms with Gasteiger partial charge in [0, 0.05) is 15.5 Å². The quantitative estimate of drug-likeness (QED) is 0.708. The summed E-state index contributed by atoms with van der Waals surface area (Å²) in [6.07, 6.45) is -3.89. The number of ketones is 1. The molecule has 0 aromatic heterocycles. The van der Waals surface area contributed by atoms with Gasteiger partial charge in [-0.05, 0) is 18.6 Å². The first-order chi connectivity index (χ1) is 8.09. The van der Waals surface area contributed by atoms with Gasteiger partial charge in [0.15, 0.2) is 5.78 Å². The summed E-state index contributed by atoms with van der Waals surface area (Å²) >= 11 is 2.85. The van der Waals surface area contributed by atoms with Crippen molar-refractivity contribution in [3.05, 3.63) is 33.8 Å². The van der Waals surface area contributed by atoms with E-state index in [1.807, 2.05) is 6.92 Å². The second kappa shape index (κ2) is 5.03. The highest BCUT2D eigenvalue weighted by Crippen LogP contribution is 2.36. The molecule has 0 aliphatic carbocycles. The summed E-state index contributed by atoms with van der Waals surface area (Å²) in [6.45, 7) is 5.29. The summed E-state index contributed by atoms with van der Waals surface area (Å²) in [5.41, 5.74) is -1.38. The van der Waals surface area contributed by atoms with Gasteiger partial charge in [-0.1, -0.05) is 42.8 Å². The average Bonchev–Trinajstić information content (AvgIpc) is 2.27. The lowest BCUT2D eigenvalue weighted by Crippen LogP contribution is -2.23. The molecule has 100 valence electrons. The lowest BCUT2D eigenvalue weighted by atomic mass is 9.82. The minimum absolute atomic E-state index is 0.0548. The van der Waals surface area contributed by atoms with E-state index in [-0.39, 0.29) is 15.8 Å². The van der Waals surface area contributed by atoms with Crippen LogP contribution in [0, 0.1) is 5.41 Å². The molecule has 0 aliphatic heterocycles. The first-order valence-electron chi connectivity index (χ1n) is 5.51. The zero-order valence-corrected chi connectivity index (χ0v) is 11.9. The average molecular weight is 323 g/mol. The van der Waals surface area contributed by atoms with Gasteiger partial charge in [-0.3, -0.25) is 4.79 Å². The molecule has 0 bridgehead atoms. The molecule has 1 nitrogen and oxygen atoms in total. The van der Waals surface area contributed by atoms with Crippen molar-refractivity contribution >= 4 is 21.7 Å². The molecule has 1 aromatic carbocycles. The second-order valence-electron chi connectivity index (χ2n) is 4.76. The van der Waals surface area contributed by atoms with Crippen LogP contribution in [0.15, 0.2) is 22.7 Å². The summed E-state index contributed by atoms with van der Waals surface area (Å²) in [5.74, 6) is -0.275. The molecule has 0 saturated carbocycles. The Bertz CT molecular complexity index is 464. The lowest BCUT2D eigenvalue weighted by Gasteiger charge is -2.21. The number of carbonyl (C=O) groups is 1. The van der Waals surface area contributed by atoms with Gasteiger partial charge in [0.25, 0.3) is 0 Å². The Balaban J connectivity index is 3.26. The molecule has 1 aromatic rings. The third kappa shape index (κ3) is 3.13. The van der Waals surface area contributed by atoms with Crippen LogP contribution >= 0.6 is 15.9 Å². The summed E-state index contributed by atoms with van der Waals surface area (Å²) in [5, 5.41) is 0. The fraction of sp³-hybridized carbons (Fsp3) is 0.462. The Labute approximate surface area is 113 Å². The summed E-state index contributed by atoms with van der Waals surface area (Å²) in [7, 11) is 0. The monoisotopic (exact) mass is 322 g/mol. The van der Waals surface area contributed by atoms with Crippen LogP contribution in [0.2, 0.25) is 0 Å². The maximum atomic E-state index is 12.7. The SMILES string of the molecule is CCC(C)(C)C(=O)c1ccc(Br)c(C(F)(F)F)c1. The molecule has 0 heterocycles. The van der Waals surface area contributed by atoms with E-state index < -0.39 is 17.2 Å². The fourth-order valence-corrected chi connectivity index (χ4v) is 1.91. The molecule has 0 N–H and O–H groups in total. The Morgan fingerprint density at radius 3 is 2.28 bits per heavy atom. The molecule has 0 amide bonds. The van der Waals surface area contributed by atoms with Crippen LogP contribution in [0.25, 0.3) is 0 Å². The van der Waals surface area contributed by atoms with Crippen LogP contribution in [0.1, 0.15) is 43.1 Å². The number of halogens is 4. The minimum atomic E-state index is -4.47. The summed E-state index contributed by atoms with van der Waals surface area (Å²) < 4.78 is 38.1. The van der Waals surface area contributed by atoms with Crippen molar-refractivity contribution in [2.45, 2.75) is 33.4 Å². The molecule has 0 saturated heterocycles. The highest BCUT2D eigenvalue weighted by atomic mass is 79.9. The van der Waals surface area contributed by atoms with Gasteiger partial charge in [0.05, 0.1) is 5.56 Å². The maximum absolute atomic E-state index is 12.7. The molecule has 0 unspecified atom stereocenters. The number of alkyl halides is 3. The molecule has 5 heteroatoms. The van der Waals surface area contributed by atoms with Crippen LogP contribution in [0.5, 0.6) is 0 Å². The molecule has 0 aliphatic rings. The predicted molar refractivity (Wildman–Crippen MR) is 67.5 cm³/mol. The van der Waals surface area contributed by atoms with Crippen molar-refractivity contribution in [2.75, 3.05) is 0 Å². The third-order valence-electron chi connectivity index (χ3n) is 3.03. The summed E-state index contributed by atoms with van der Waals surface area (Å²) in [6, 6.07) is 3.59.